The van der Waals surface area contributed by atoms with Crippen LogP contribution in [-0.4, -0.2) is 75.0 Å². The Bertz CT molecular complexity index is 1360. The first-order valence-electron chi connectivity index (χ1n) is 12.9. The summed E-state index contributed by atoms with van der Waals surface area (Å²) in [6, 6.07) is 0.441. The Hall–Kier alpha value is -3.42. The number of phenols is 1. The van der Waals surface area contributed by atoms with E-state index in [0.29, 0.717) is 26.1 Å². The molecule has 1 saturated heterocycles. The van der Waals surface area contributed by atoms with Crippen molar-refractivity contribution in [3.05, 3.63) is 45.7 Å². The van der Waals surface area contributed by atoms with Crippen molar-refractivity contribution in [2.75, 3.05) is 13.2 Å². The molecular weight excluding hydrogens is 537 g/mol. The van der Waals surface area contributed by atoms with E-state index in [1.807, 2.05) is 0 Å². The fraction of sp³-hybridized carbons (Fsp3) is 0.519. The number of ketones is 2. The second kappa shape index (κ2) is 9.60. The van der Waals surface area contributed by atoms with Gasteiger partial charge in [0.2, 0.25) is 5.78 Å². The molecule has 1 aliphatic heterocycles. The van der Waals surface area contributed by atoms with Crippen molar-refractivity contribution in [2.45, 2.75) is 62.4 Å². The second-order valence-corrected chi connectivity index (χ2v) is 10.9. The molecule has 1 aromatic rings. The number of primary amides is 1. The van der Waals surface area contributed by atoms with E-state index < -0.39 is 81.5 Å². The molecule has 216 valence electrons. The third-order valence-electron chi connectivity index (χ3n) is 8.71. The Morgan fingerprint density at radius 2 is 1.82 bits per heavy atom. The number of nitrogens with two attached hydrogens (primary N) is 1. The van der Waals surface area contributed by atoms with E-state index in [-0.39, 0.29) is 35.6 Å². The van der Waals surface area contributed by atoms with Gasteiger partial charge >= 0.3 is 6.18 Å². The van der Waals surface area contributed by atoms with Gasteiger partial charge in [-0.1, -0.05) is 6.07 Å². The summed E-state index contributed by atoms with van der Waals surface area (Å²) < 4.78 is 46.4. The number of amides is 1. The van der Waals surface area contributed by atoms with Crippen molar-refractivity contribution in [2.24, 2.45) is 17.6 Å². The van der Waals surface area contributed by atoms with Gasteiger partial charge in [0.1, 0.15) is 22.8 Å². The minimum absolute atomic E-state index is 0.0111. The lowest BCUT2D eigenvalue weighted by molar-refractivity contribution is -0.151. The monoisotopic (exact) mass is 566 g/mol. The SMILES string of the molecule is C[C@H](c1ccc(O)c2c1C[C@H]1C[C@H]3[C@@H](NC4CCOCC4)C(=O)C(C(N)=O)=C(O)[C@@]3(O)C(=O)C1=C2O)C(F)(F)F. The van der Waals surface area contributed by atoms with Crippen LogP contribution in [-0.2, 0) is 25.5 Å². The predicted octanol–water partition coefficient (Wildman–Crippen LogP) is 1.84. The number of ether oxygens (including phenoxy) is 1. The van der Waals surface area contributed by atoms with Crippen molar-refractivity contribution in [3.63, 3.8) is 0 Å². The zero-order chi connectivity index (χ0) is 29.3. The molecular formula is C27H29F3N2O8. The predicted molar refractivity (Wildman–Crippen MR) is 132 cm³/mol. The number of aromatic hydroxyl groups is 1. The third kappa shape index (κ3) is 4.10. The molecule has 1 aromatic carbocycles. The number of fused-ring (bicyclic) bond motifs is 3. The number of aliphatic hydroxyl groups is 3. The fourth-order valence-electron chi connectivity index (χ4n) is 6.59. The molecule has 40 heavy (non-hydrogen) atoms. The maximum Gasteiger partial charge on any atom is 0.395 e. The topological polar surface area (TPSA) is 179 Å². The van der Waals surface area contributed by atoms with Crippen LogP contribution < -0.4 is 11.1 Å². The molecule has 0 radical (unpaired) electrons. The number of phenolic OH excluding ortho intramolecular Hbond substituents is 1. The molecule has 4 aliphatic rings. The van der Waals surface area contributed by atoms with Crippen molar-refractivity contribution in [1.29, 1.82) is 0 Å². The molecule has 0 bridgehead atoms. The number of rotatable bonds is 4. The highest BCUT2D eigenvalue weighted by Crippen LogP contribution is 2.53. The minimum atomic E-state index is -4.64. The van der Waals surface area contributed by atoms with Crippen LogP contribution in [0, 0.1) is 11.8 Å². The molecule has 0 spiro atoms. The van der Waals surface area contributed by atoms with E-state index >= 15 is 0 Å². The number of carbonyl (C=O) groups excluding carboxylic acids is 3. The first kappa shape index (κ1) is 28.1. The highest BCUT2D eigenvalue weighted by molar-refractivity contribution is 6.24. The summed E-state index contributed by atoms with van der Waals surface area (Å²) in [5, 5.41) is 47.5. The number of halogens is 3. The molecule has 13 heteroatoms. The number of Topliss-reactive ketones (excluding diaryl/α,β-unsaturated/α-hetero) is 2. The first-order chi connectivity index (χ1) is 18.7. The van der Waals surface area contributed by atoms with Crippen molar-refractivity contribution < 1.29 is 52.7 Å². The first-order valence-corrected chi connectivity index (χ1v) is 12.9. The lowest BCUT2D eigenvalue weighted by atomic mass is 9.57. The average Bonchev–Trinajstić information content (AvgIpc) is 2.88. The van der Waals surface area contributed by atoms with Crippen LogP contribution in [0.4, 0.5) is 13.2 Å². The van der Waals surface area contributed by atoms with E-state index in [9.17, 15) is 48.0 Å². The number of hydrogen-bond donors (Lipinski definition) is 6. The van der Waals surface area contributed by atoms with Crippen LogP contribution >= 0.6 is 0 Å². The number of alkyl halides is 3. The minimum Gasteiger partial charge on any atom is -0.508 e. The third-order valence-corrected chi connectivity index (χ3v) is 8.71. The van der Waals surface area contributed by atoms with Gasteiger partial charge in [0.05, 0.1) is 17.5 Å². The van der Waals surface area contributed by atoms with Gasteiger partial charge in [-0.25, -0.2) is 0 Å². The highest BCUT2D eigenvalue weighted by Gasteiger charge is 2.64. The summed E-state index contributed by atoms with van der Waals surface area (Å²) in [7, 11) is 0. The van der Waals surface area contributed by atoms with E-state index in [1.165, 1.54) is 0 Å². The van der Waals surface area contributed by atoms with E-state index in [2.05, 4.69) is 5.32 Å². The van der Waals surface area contributed by atoms with Gasteiger partial charge in [-0.15, -0.1) is 0 Å². The normalized spacial score (nSPS) is 30.1. The smallest absolute Gasteiger partial charge is 0.395 e. The molecule has 1 heterocycles. The van der Waals surface area contributed by atoms with Gasteiger partial charge < -0.3 is 36.2 Å². The second-order valence-electron chi connectivity index (χ2n) is 10.9. The quantitative estimate of drug-likeness (QED) is 0.297. The van der Waals surface area contributed by atoms with Crippen molar-refractivity contribution in [3.8, 4) is 5.75 Å². The molecule has 1 amide bonds. The lowest BCUT2D eigenvalue weighted by Gasteiger charge is -2.50. The van der Waals surface area contributed by atoms with E-state index in [0.717, 1.165) is 19.1 Å². The largest absolute Gasteiger partial charge is 0.508 e. The maximum atomic E-state index is 13.9. The summed E-state index contributed by atoms with van der Waals surface area (Å²) in [5.41, 5.74) is 0.556. The Morgan fingerprint density at radius 3 is 2.42 bits per heavy atom. The molecule has 0 unspecified atom stereocenters. The van der Waals surface area contributed by atoms with Gasteiger partial charge in [-0.3, -0.25) is 14.4 Å². The van der Waals surface area contributed by atoms with Gasteiger partial charge in [-0.2, -0.15) is 13.2 Å². The molecule has 10 nitrogen and oxygen atoms in total. The standard InChI is InChI=1S/C27H29F3N2O8/c1-10(27(28,29)30)13-2-3-16(33)18-14(13)8-11-9-15-20(32-12-4-6-40-7-5-12)22(35)19(25(31)38)24(37)26(15,39)23(36)17(11)21(18)34/h2-3,10-12,15,20,32-34,37,39H,4-9H2,1H3,(H2,31,38)/t10-,11+,15+,20-,26+/m1/s1. The highest BCUT2D eigenvalue weighted by atomic mass is 19.4. The van der Waals surface area contributed by atoms with Crippen molar-refractivity contribution in [1.82, 2.24) is 5.32 Å². The zero-order valence-electron chi connectivity index (χ0n) is 21.4. The van der Waals surface area contributed by atoms with Crippen LogP contribution in [0.25, 0.3) is 5.76 Å². The molecule has 0 aromatic heterocycles. The molecule has 3 aliphatic carbocycles. The van der Waals surface area contributed by atoms with Crippen LogP contribution in [0.1, 0.15) is 48.8 Å². The number of nitrogens with one attached hydrogen (secondary N) is 1. The van der Waals surface area contributed by atoms with Gasteiger partial charge in [0.15, 0.2) is 11.4 Å². The van der Waals surface area contributed by atoms with E-state index in [4.69, 9.17) is 10.5 Å². The molecule has 5 atom stereocenters. The number of benzene rings is 1. The van der Waals surface area contributed by atoms with Crippen LogP contribution in [0.2, 0.25) is 0 Å². The summed E-state index contributed by atoms with van der Waals surface area (Å²) >= 11 is 0. The van der Waals surface area contributed by atoms with Crippen molar-refractivity contribution >= 4 is 23.2 Å². The lowest BCUT2D eigenvalue weighted by Crippen LogP contribution is -2.67. The number of hydrogen-bond acceptors (Lipinski definition) is 9. The Morgan fingerprint density at radius 1 is 1.18 bits per heavy atom. The Labute approximate surface area is 226 Å². The maximum absolute atomic E-state index is 13.9. The Kier molecular flexibility index (Phi) is 6.75. The van der Waals surface area contributed by atoms with Crippen LogP contribution in [0.5, 0.6) is 5.75 Å². The summed E-state index contributed by atoms with van der Waals surface area (Å²) in [4.78, 5) is 39.5. The molecule has 7 N–H and O–H groups in total. The molecule has 5 rings (SSSR count). The average molecular weight is 567 g/mol. The summed E-state index contributed by atoms with van der Waals surface area (Å²) in [5.74, 6) is -10.4. The van der Waals surface area contributed by atoms with E-state index in [1.54, 1.807) is 0 Å². The van der Waals surface area contributed by atoms with Gasteiger partial charge in [0, 0.05) is 30.7 Å². The number of aliphatic hydroxyl groups excluding tert-OH is 2. The fourth-order valence-corrected chi connectivity index (χ4v) is 6.59. The molecule has 2 fully saturated rings. The summed E-state index contributed by atoms with van der Waals surface area (Å²) in [6.45, 7) is 1.69. The van der Waals surface area contributed by atoms with Gasteiger partial charge in [0.25, 0.3) is 5.91 Å². The molecule has 1 saturated carbocycles. The number of carbonyl (C=O) groups is 3. The van der Waals surface area contributed by atoms with Crippen LogP contribution in [0.15, 0.2) is 29.0 Å². The van der Waals surface area contributed by atoms with Crippen LogP contribution in [0.3, 0.4) is 0 Å². The zero-order valence-corrected chi connectivity index (χ0v) is 21.4. The Balaban J connectivity index is 1.67. The van der Waals surface area contributed by atoms with Gasteiger partial charge in [-0.05, 0) is 55.7 Å². The summed E-state index contributed by atoms with van der Waals surface area (Å²) in [6.07, 6.45) is -4.12.